The van der Waals surface area contributed by atoms with Crippen LogP contribution in [0.2, 0.25) is 0 Å². The number of carbonyl (C=O) groups is 2. The molecular formula is C14H23NO5. The highest BCUT2D eigenvalue weighted by Gasteiger charge is 2.56. The average molecular weight is 285 g/mol. The number of piperidine rings is 1. The van der Waals surface area contributed by atoms with Gasteiger partial charge in [0.1, 0.15) is 0 Å². The van der Waals surface area contributed by atoms with E-state index in [1.165, 1.54) is 0 Å². The van der Waals surface area contributed by atoms with Crippen LogP contribution in [-0.2, 0) is 19.1 Å². The second-order valence-corrected chi connectivity index (χ2v) is 5.46. The van der Waals surface area contributed by atoms with Gasteiger partial charge in [0.15, 0.2) is 5.92 Å². The molecule has 2 fully saturated rings. The molecule has 114 valence electrons. The molecule has 2 saturated heterocycles. The molecule has 3 unspecified atom stereocenters. The molecule has 20 heavy (non-hydrogen) atoms. The fourth-order valence-electron chi connectivity index (χ4n) is 3.32. The van der Waals surface area contributed by atoms with Crippen molar-refractivity contribution in [3.63, 3.8) is 0 Å². The zero-order chi connectivity index (χ0) is 14.8. The largest absolute Gasteiger partial charge is 0.465 e. The van der Waals surface area contributed by atoms with Crippen molar-refractivity contribution in [2.75, 3.05) is 32.8 Å². The van der Waals surface area contributed by atoms with Crippen LogP contribution in [0.25, 0.3) is 0 Å². The number of nitrogens with zero attached hydrogens (tertiary/aromatic N) is 1. The van der Waals surface area contributed by atoms with E-state index in [-0.39, 0.29) is 19.1 Å². The molecule has 2 bridgehead atoms. The number of fused-ring (bicyclic) bond motifs is 2. The standard InChI is InChI=1S/C14H23NO5/c1-3-19-12(16)11(13(17)20-4-2)14(18)6-8-15-7-5-10(14)9-15/h10-11,18H,3-9H2,1-2H3. The lowest BCUT2D eigenvalue weighted by Gasteiger charge is -2.41. The Hall–Kier alpha value is -1.14. The highest BCUT2D eigenvalue weighted by molar-refractivity contribution is 5.96. The molecule has 0 amide bonds. The van der Waals surface area contributed by atoms with Gasteiger partial charge in [0.05, 0.1) is 18.8 Å². The average Bonchev–Trinajstić information content (AvgIpc) is 2.81. The van der Waals surface area contributed by atoms with Gasteiger partial charge < -0.3 is 19.5 Å². The van der Waals surface area contributed by atoms with Gasteiger partial charge in [-0.3, -0.25) is 9.59 Å². The van der Waals surface area contributed by atoms with Gasteiger partial charge in [-0.1, -0.05) is 0 Å². The Bertz CT molecular complexity index is 368. The van der Waals surface area contributed by atoms with Gasteiger partial charge in [-0.2, -0.15) is 0 Å². The van der Waals surface area contributed by atoms with E-state index in [2.05, 4.69) is 4.90 Å². The molecule has 0 aliphatic carbocycles. The minimum absolute atomic E-state index is 0.0740. The van der Waals surface area contributed by atoms with Gasteiger partial charge in [0.25, 0.3) is 0 Å². The summed E-state index contributed by atoms with van der Waals surface area (Å²) in [5.41, 5.74) is -1.34. The Labute approximate surface area is 119 Å². The van der Waals surface area contributed by atoms with Gasteiger partial charge >= 0.3 is 11.9 Å². The van der Waals surface area contributed by atoms with Crippen molar-refractivity contribution < 1.29 is 24.2 Å². The van der Waals surface area contributed by atoms with E-state index in [1.807, 2.05) is 0 Å². The van der Waals surface area contributed by atoms with E-state index in [4.69, 9.17) is 9.47 Å². The summed E-state index contributed by atoms with van der Waals surface area (Å²) >= 11 is 0. The minimum Gasteiger partial charge on any atom is -0.465 e. The van der Waals surface area contributed by atoms with Gasteiger partial charge in [-0.25, -0.2) is 0 Å². The van der Waals surface area contributed by atoms with Crippen LogP contribution >= 0.6 is 0 Å². The molecule has 0 aromatic rings. The van der Waals surface area contributed by atoms with Crippen LogP contribution in [0.15, 0.2) is 0 Å². The lowest BCUT2D eigenvalue weighted by Crippen LogP contribution is -2.57. The van der Waals surface area contributed by atoms with Crippen molar-refractivity contribution in [2.24, 2.45) is 11.8 Å². The number of aliphatic hydroxyl groups is 1. The second kappa shape index (κ2) is 6.10. The normalized spacial score (nSPS) is 32.2. The van der Waals surface area contributed by atoms with Crippen molar-refractivity contribution in [3.05, 3.63) is 0 Å². The molecule has 3 atom stereocenters. The predicted octanol–water partition coefficient (Wildman–Crippen LogP) is 0.185. The van der Waals surface area contributed by atoms with E-state index in [0.29, 0.717) is 13.0 Å². The lowest BCUT2D eigenvalue weighted by atomic mass is 9.73. The van der Waals surface area contributed by atoms with Gasteiger partial charge in [-0.15, -0.1) is 0 Å². The van der Waals surface area contributed by atoms with Crippen molar-refractivity contribution >= 4 is 11.9 Å². The first kappa shape index (κ1) is 15.3. The van der Waals surface area contributed by atoms with Crippen molar-refractivity contribution in [1.82, 2.24) is 4.90 Å². The van der Waals surface area contributed by atoms with E-state index in [0.717, 1.165) is 19.5 Å². The van der Waals surface area contributed by atoms with E-state index in [9.17, 15) is 14.7 Å². The SMILES string of the molecule is CCOC(=O)C(C(=O)OCC)C1(O)CCN2CCC1C2. The number of esters is 2. The van der Waals surface area contributed by atoms with Crippen LogP contribution in [0.3, 0.4) is 0 Å². The Morgan fingerprint density at radius 1 is 1.25 bits per heavy atom. The van der Waals surface area contributed by atoms with Gasteiger partial charge in [0.2, 0.25) is 0 Å². The molecule has 1 N–H and O–H groups in total. The van der Waals surface area contributed by atoms with E-state index < -0.39 is 23.5 Å². The maximum absolute atomic E-state index is 12.1. The van der Waals surface area contributed by atoms with Crippen LogP contribution in [0.1, 0.15) is 26.7 Å². The molecule has 6 nitrogen and oxygen atoms in total. The molecule has 2 rings (SSSR count). The zero-order valence-electron chi connectivity index (χ0n) is 12.1. The molecule has 0 aromatic heterocycles. The maximum Gasteiger partial charge on any atom is 0.323 e. The quantitative estimate of drug-likeness (QED) is 0.574. The summed E-state index contributed by atoms with van der Waals surface area (Å²) in [6, 6.07) is 0. The van der Waals surface area contributed by atoms with E-state index in [1.54, 1.807) is 13.8 Å². The van der Waals surface area contributed by atoms with Crippen LogP contribution < -0.4 is 0 Å². The number of hydrogen-bond acceptors (Lipinski definition) is 6. The molecule has 2 aliphatic rings. The highest BCUT2D eigenvalue weighted by atomic mass is 16.6. The maximum atomic E-state index is 12.1. The summed E-state index contributed by atoms with van der Waals surface area (Å²) in [4.78, 5) is 26.5. The lowest BCUT2D eigenvalue weighted by molar-refractivity contribution is -0.182. The molecule has 0 spiro atoms. The second-order valence-electron chi connectivity index (χ2n) is 5.46. The van der Waals surface area contributed by atoms with Crippen LogP contribution in [-0.4, -0.2) is 60.4 Å². The fourth-order valence-corrected chi connectivity index (χ4v) is 3.32. The first-order valence-electron chi connectivity index (χ1n) is 7.31. The summed E-state index contributed by atoms with van der Waals surface area (Å²) in [6.07, 6.45) is 1.20. The Kier molecular flexibility index (Phi) is 4.65. The summed E-state index contributed by atoms with van der Waals surface area (Å²) in [5.74, 6) is -2.65. The zero-order valence-corrected chi connectivity index (χ0v) is 12.1. The van der Waals surface area contributed by atoms with Gasteiger partial charge in [-0.05, 0) is 33.2 Å². The number of hydrogen-bond donors (Lipinski definition) is 1. The Morgan fingerprint density at radius 3 is 2.40 bits per heavy atom. The third kappa shape index (κ3) is 2.67. The topological polar surface area (TPSA) is 76.1 Å². The van der Waals surface area contributed by atoms with E-state index >= 15 is 0 Å². The number of rotatable bonds is 5. The first-order valence-corrected chi connectivity index (χ1v) is 7.31. The number of ether oxygens (including phenoxy) is 2. The van der Waals surface area contributed by atoms with Crippen molar-refractivity contribution in [3.8, 4) is 0 Å². The summed E-state index contributed by atoms with van der Waals surface area (Å²) in [6.45, 7) is 6.06. The monoisotopic (exact) mass is 285 g/mol. The van der Waals surface area contributed by atoms with Crippen molar-refractivity contribution in [2.45, 2.75) is 32.3 Å². The molecule has 0 aromatic carbocycles. The summed E-state index contributed by atoms with van der Waals surface area (Å²) < 4.78 is 9.97. The predicted molar refractivity (Wildman–Crippen MR) is 70.9 cm³/mol. The smallest absolute Gasteiger partial charge is 0.323 e. The number of carbonyl (C=O) groups excluding carboxylic acids is 2. The third-order valence-corrected chi connectivity index (χ3v) is 4.35. The highest BCUT2D eigenvalue weighted by Crippen LogP contribution is 2.41. The molecule has 2 heterocycles. The summed E-state index contributed by atoms with van der Waals surface area (Å²) in [5, 5.41) is 11.0. The molecule has 6 heteroatoms. The fraction of sp³-hybridized carbons (Fsp3) is 0.857. The summed E-state index contributed by atoms with van der Waals surface area (Å²) in [7, 11) is 0. The Balaban J connectivity index is 2.24. The first-order chi connectivity index (χ1) is 9.52. The van der Waals surface area contributed by atoms with Crippen LogP contribution in [0.4, 0.5) is 0 Å². The molecule has 0 radical (unpaired) electrons. The third-order valence-electron chi connectivity index (χ3n) is 4.35. The Morgan fingerprint density at radius 2 is 1.85 bits per heavy atom. The van der Waals surface area contributed by atoms with Crippen LogP contribution in [0.5, 0.6) is 0 Å². The molecular weight excluding hydrogens is 262 g/mol. The van der Waals surface area contributed by atoms with Gasteiger partial charge in [0, 0.05) is 19.0 Å². The van der Waals surface area contributed by atoms with Crippen LogP contribution in [0, 0.1) is 11.8 Å². The van der Waals surface area contributed by atoms with Crippen molar-refractivity contribution in [1.29, 1.82) is 0 Å². The molecule has 0 saturated carbocycles. The molecule has 2 aliphatic heterocycles. The minimum atomic E-state index is -1.34.